The zero-order valence-electron chi connectivity index (χ0n) is 13.5. The molecular weight excluding hydrogens is 361 g/mol. The molecule has 0 amide bonds. The van der Waals surface area contributed by atoms with E-state index in [2.05, 4.69) is 25.8 Å². The molecule has 0 spiro atoms. The van der Waals surface area contributed by atoms with Crippen LogP contribution in [0, 0.1) is 6.92 Å². The number of aromatic nitrogens is 3. The summed E-state index contributed by atoms with van der Waals surface area (Å²) in [5.74, 6) is 1.51. The van der Waals surface area contributed by atoms with Crippen LogP contribution in [0.2, 0.25) is 10.0 Å². The smallest absolute Gasteiger partial charge is 0.249 e. The van der Waals surface area contributed by atoms with Gasteiger partial charge in [0.1, 0.15) is 5.75 Å². The minimum atomic E-state index is 0.358. The minimum Gasteiger partial charge on any atom is -0.495 e. The summed E-state index contributed by atoms with van der Waals surface area (Å²) in [7, 11) is 1.59. The van der Waals surface area contributed by atoms with Crippen LogP contribution in [-0.4, -0.2) is 22.3 Å². The van der Waals surface area contributed by atoms with Crippen LogP contribution < -0.4 is 15.4 Å². The monoisotopic (exact) mass is 375 g/mol. The van der Waals surface area contributed by atoms with E-state index in [1.54, 1.807) is 31.4 Å². The standard InChI is InChI=1S/C17H15Cl2N5O/c1-10-7-11(18)3-5-13(10)22-17-23-16(9-20-24-17)21-14-8-12(19)4-6-15(14)25-2/h3-9H,1-2H3,(H2,21,22,23,24). The van der Waals surface area contributed by atoms with Crippen molar-refractivity contribution in [2.75, 3.05) is 17.7 Å². The summed E-state index contributed by atoms with van der Waals surface area (Å²) in [6, 6.07) is 10.8. The quantitative estimate of drug-likeness (QED) is 0.654. The van der Waals surface area contributed by atoms with Gasteiger partial charge < -0.3 is 15.4 Å². The van der Waals surface area contributed by atoms with Crippen LogP contribution in [0.5, 0.6) is 5.75 Å². The summed E-state index contributed by atoms with van der Waals surface area (Å²) in [5.41, 5.74) is 2.51. The van der Waals surface area contributed by atoms with Crippen molar-refractivity contribution in [2.45, 2.75) is 6.92 Å². The van der Waals surface area contributed by atoms with E-state index in [0.717, 1.165) is 11.3 Å². The maximum Gasteiger partial charge on any atom is 0.249 e. The van der Waals surface area contributed by atoms with E-state index < -0.39 is 0 Å². The molecule has 0 saturated heterocycles. The number of hydrogen-bond donors (Lipinski definition) is 2. The molecule has 128 valence electrons. The highest BCUT2D eigenvalue weighted by molar-refractivity contribution is 6.31. The van der Waals surface area contributed by atoms with Gasteiger partial charge in [-0.25, -0.2) is 0 Å². The SMILES string of the molecule is COc1ccc(Cl)cc1Nc1cnnc(Nc2ccc(Cl)cc2C)n1. The van der Waals surface area contributed by atoms with E-state index in [1.165, 1.54) is 6.20 Å². The van der Waals surface area contributed by atoms with E-state index in [0.29, 0.717) is 33.2 Å². The average Bonchev–Trinajstić information content (AvgIpc) is 2.58. The van der Waals surface area contributed by atoms with Gasteiger partial charge in [0.25, 0.3) is 0 Å². The summed E-state index contributed by atoms with van der Waals surface area (Å²) in [5, 5.41) is 15.5. The van der Waals surface area contributed by atoms with Crippen LogP contribution in [0.15, 0.2) is 42.6 Å². The normalized spacial score (nSPS) is 10.4. The second-order valence-electron chi connectivity index (χ2n) is 5.22. The highest BCUT2D eigenvalue weighted by Gasteiger charge is 2.08. The van der Waals surface area contributed by atoms with Gasteiger partial charge in [0.2, 0.25) is 5.95 Å². The van der Waals surface area contributed by atoms with Crippen LogP contribution in [0.25, 0.3) is 0 Å². The largest absolute Gasteiger partial charge is 0.495 e. The van der Waals surface area contributed by atoms with Crippen molar-refractivity contribution in [3.63, 3.8) is 0 Å². The Balaban J connectivity index is 1.83. The molecule has 0 atom stereocenters. The molecule has 1 heterocycles. The topological polar surface area (TPSA) is 72.0 Å². The molecule has 2 N–H and O–H groups in total. The van der Waals surface area contributed by atoms with Crippen molar-refractivity contribution in [3.8, 4) is 5.75 Å². The van der Waals surface area contributed by atoms with E-state index >= 15 is 0 Å². The summed E-state index contributed by atoms with van der Waals surface area (Å²) in [4.78, 5) is 4.40. The number of ether oxygens (including phenoxy) is 1. The molecule has 0 unspecified atom stereocenters. The zero-order chi connectivity index (χ0) is 17.8. The Morgan fingerprint density at radius 3 is 2.48 bits per heavy atom. The summed E-state index contributed by atoms with van der Waals surface area (Å²) >= 11 is 12.0. The fourth-order valence-corrected chi connectivity index (χ4v) is 2.62. The second-order valence-corrected chi connectivity index (χ2v) is 6.09. The van der Waals surface area contributed by atoms with Crippen molar-refractivity contribution < 1.29 is 4.74 Å². The number of nitrogens with zero attached hydrogens (tertiary/aromatic N) is 3. The number of nitrogens with one attached hydrogen (secondary N) is 2. The van der Waals surface area contributed by atoms with E-state index in [9.17, 15) is 0 Å². The number of halogens is 2. The number of rotatable bonds is 5. The lowest BCUT2D eigenvalue weighted by Crippen LogP contribution is -2.04. The second kappa shape index (κ2) is 7.55. The van der Waals surface area contributed by atoms with Gasteiger partial charge in [-0.3, -0.25) is 0 Å². The lowest BCUT2D eigenvalue weighted by molar-refractivity contribution is 0.417. The number of aryl methyl sites for hydroxylation is 1. The van der Waals surface area contributed by atoms with Gasteiger partial charge >= 0.3 is 0 Å². The molecule has 3 rings (SSSR count). The summed E-state index contributed by atoms with van der Waals surface area (Å²) < 4.78 is 5.31. The fraction of sp³-hybridized carbons (Fsp3) is 0.118. The van der Waals surface area contributed by atoms with Crippen LogP contribution >= 0.6 is 23.2 Å². The van der Waals surface area contributed by atoms with Gasteiger partial charge in [-0.15, -0.1) is 5.10 Å². The van der Waals surface area contributed by atoms with Crippen molar-refractivity contribution in [1.82, 2.24) is 15.2 Å². The van der Waals surface area contributed by atoms with Crippen LogP contribution in [0.3, 0.4) is 0 Å². The Morgan fingerprint density at radius 1 is 0.960 bits per heavy atom. The van der Waals surface area contributed by atoms with Gasteiger partial charge in [0.15, 0.2) is 5.82 Å². The first-order valence-corrected chi connectivity index (χ1v) is 8.14. The molecule has 0 bridgehead atoms. The first-order valence-electron chi connectivity index (χ1n) is 7.38. The number of methoxy groups -OCH3 is 1. The summed E-state index contributed by atoms with van der Waals surface area (Å²) in [6.07, 6.45) is 1.51. The predicted octanol–water partition coefficient (Wildman–Crippen LogP) is 4.98. The highest BCUT2D eigenvalue weighted by atomic mass is 35.5. The van der Waals surface area contributed by atoms with E-state index in [1.807, 2.05) is 19.1 Å². The third-order valence-corrected chi connectivity index (χ3v) is 3.89. The highest BCUT2D eigenvalue weighted by Crippen LogP contribution is 2.30. The van der Waals surface area contributed by atoms with Gasteiger partial charge in [0, 0.05) is 15.7 Å². The molecule has 3 aromatic rings. The molecule has 0 radical (unpaired) electrons. The van der Waals surface area contributed by atoms with E-state index in [4.69, 9.17) is 27.9 Å². The fourth-order valence-electron chi connectivity index (χ4n) is 2.22. The molecule has 2 aromatic carbocycles. The zero-order valence-corrected chi connectivity index (χ0v) is 15.1. The van der Waals surface area contributed by atoms with E-state index in [-0.39, 0.29) is 0 Å². The van der Waals surface area contributed by atoms with Gasteiger partial charge in [-0.2, -0.15) is 10.1 Å². The van der Waals surface area contributed by atoms with Crippen LogP contribution in [0.4, 0.5) is 23.1 Å². The maximum atomic E-state index is 6.04. The van der Waals surface area contributed by atoms with Crippen LogP contribution in [-0.2, 0) is 0 Å². The number of benzene rings is 2. The van der Waals surface area contributed by atoms with Gasteiger partial charge in [-0.1, -0.05) is 23.2 Å². The maximum absolute atomic E-state index is 6.04. The average molecular weight is 376 g/mol. The first-order chi connectivity index (χ1) is 12.0. The molecule has 0 aliphatic rings. The van der Waals surface area contributed by atoms with Crippen molar-refractivity contribution >= 4 is 46.3 Å². The Hall–Kier alpha value is -2.57. The lowest BCUT2D eigenvalue weighted by Gasteiger charge is -2.12. The molecule has 6 nitrogen and oxygen atoms in total. The Bertz CT molecular complexity index is 904. The molecule has 0 aliphatic carbocycles. The third-order valence-electron chi connectivity index (χ3n) is 3.42. The number of anilines is 4. The lowest BCUT2D eigenvalue weighted by atomic mass is 10.2. The summed E-state index contributed by atoms with van der Waals surface area (Å²) in [6.45, 7) is 1.95. The Kier molecular flexibility index (Phi) is 5.21. The molecule has 1 aromatic heterocycles. The molecule has 8 heteroatoms. The van der Waals surface area contributed by atoms with Gasteiger partial charge in [0.05, 0.1) is 19.0 Å². The van der Waals surface area contributed by atoms with Crippen molar-refractivity contribution in [3.05, 3.63) is 58.2 Å². The van der Waals surface area contributed by atoms with Gasteiger partial charge in [-0.05, 0) is 48.9 Å². The number of hydrogen-bond acceptors (Lipinski definition) is 6. The molecular formula is C17H15Cl2N5O. The molecule has 25 heavy (non-hydrogen) atoms. The predicted molar refractivity (Wildman–Crippen MR) is 101 cm³/mol. The molecule has 0 aliphatic heterocycles. The Labute approximate surface area is 155 Å². The first kappa shape index (κ1) is 17.3. The molecule has 0 saturated carbocycles. The molecule has 0 fully saturated rings. The van der Waals surface area contributed by atoms with Crippen LogP contribution in [0.1, 0.15) is 5.56 Å². The minimum absolute atomic E-state index is 0.358. The van der Waals surface area contributed by atoms with Crippen molar-refractivity contribution in [2.24, 2.45) is 0 Å². The Morgan fingerprint density at radius 2 is 1.72 bits per heavy atom. The third kappa shape index (κ3) is 4.29. The van der Waals surface area contributed by atoms with Crippen molar-refractivity contribution in [1.29, 1.82) is 0 Å².